The Morgan fingerprint density at radius 3 is 2.68 bits per heavy atom. The zero-order valence-corrected chi connectivity index (χ0v) is 10.3. The Morgan fingerprint density at radius 2 is 2.05 bits per heavy atom. The zero-order chi connectivity index (χ0) is 13.8. The van der Waals surface area contributed by atoms with Crippen LogP contribution in [-0.2, 0) is 17.9 Å². The normalized spacial score (nSPS) is 10.9. The topological polar surface area (TPSA) is 60.2 Å². The van der Waals surface area contributed by atoms with Gasteiger partial charge in [0.05, 0.1) is 6.61 Å². The fourth-order valence-corrected chi connectivity index (χ4v) is 1.72. The number of aromatic nitrogens is 3. The van der Waals surface area contributed by atoms with Gasteiger partial charge in [-0.1, -0.05) is 0 Å². The first kappa shape index (κ1) is 13.6. The molecule has 0 aliphatic carbocycles. The van der Waals surface area contributed by atoms with Crippen molar-refractivity contribution in [2.24, 2.45) is 0 Å². The average Bonchev–Trinajstić information content (AvgIpc) is 2.82. The lowest BCUT2D eigenvalue weighted by molar-refractivity contribution is 0.183. The molecule has 1 aromatic heterocycles. The number of aliphatic hydroxyl groups is 1. The molecule has 7 heteroatoms. The van der Waals surface area contributed by atoms with Crippen LogP contribution < -0.4 is 0 Å². The third-order valence-corrected chi connectivity index (χ3v) is 2.67. The number of methoxy groups -OCH3 is 1. The van der Waals surface area contributed by atoms with Gasteiger partial charge in [-0.15, -0.1) is 10.2 Å². The van der Waals surface area contributed by atoms with Crippen molar-refractivity contribution in [2.45, 2.75) is 13.2 Å². The SMILES string of the molecule is COCCn1c(CO)nnc1-c1ccc(F)c(F)c1. The summed E-state index contributed by atoms with van der Waals surface area (Å²) in [5.41, 5.74) is 0.391. The highest BCUT2D eigenvalue weighted by atomic mass is 19.2. The Morgan fingerprint density at radius 1 is 1.26 bits per heavy atom. The second-order valence-electron chi connectivity index (χ2n) is 3.87. The van der Waals surface area contributed by atoms with Crippen LogP contribution in [0.1, 0.15) is 5.82 Å². The van der Waals surface area contributed by atoms with Crippen molar-refractivity contribution in [3.05, 3.63) is 35.7 Å². The quantitative estimate of drug-likeness (QED) is 0.890. The van der Waals surface area contributed by atoms with Crippen LogP contribution >= 0.6 is 0 Å². The first-order chi connectivity index (χ1) is 9.17. The number of rotatable bonds is 5. The molecule has 0 atom stereocenters. The van der Waals surface area contributed by atoms with Crippen LogP contribution in [0.4, 0.5) is 8.78 Å². The lowest BCUT2D eigenvalue weighted by Gasteiger charge is -2.08. The second-order valence-corrected chi connectivity index (χ2v) is 3.87. The fourth-order valence-electron chi connectivity index (χ4n) is 1.72. The predicted molar refractivity (Wildman–Crippen MR) is 63.2 cm³/mol. The van der Waals surface area contributed by atoms with Crippen molar-refractivity contribution in [3.8, 4) is 11.4 Å². The monoisotopic (exact) mass is 269 g/mol. The van der Waals surface area contributed by atoms with Crippen LogP contribution in [0.25, 0.3) is 11.4 Å². The van der Waals surface area contributed by atoms with Gasteiger partial charge in [0.25, 0.3) is 0 Å². The Bertz CT molecular complexity index is 572. The molecule has 0 amide bonds. The van der Waals surface area contributed by atoms with Crippen LogP contribution in [-0.4, -0.2) is 33.6 Å². The lowest BCUT2D eigenvalue weighted by atomic mass is 10.2. The van der Waals surface area contributed by atoms with Gasteiger partial charge in [-0.25, -0.2) is 8.78 Å². The summed E-state index contributed by atoms with van der Waals surface area (Å²) in [6.45, 7) is 0.510. The molecule has 0 spiro atoms. The number of hydrogen-bond acceptors (Lipinski definition) is 4. The van der Waals surface area contributed by atoms with E-state index in [-0.39, 0.29) is 6.61 Å². The molecule has 0 fully saturated rings. The zero-order valence-electron chi connectivity index (χ0n) is 10.3. The standard InChI is InChI=1S/C12H13F2N3O2/c1-19-5-4-17-11(7-18)15-16-12(17)8-2-3-9(13)10(14)6-8/h2-3,6,18H,4-5,7H2,1H3. The Kier molecular flexibility index (Phi) is 4.18. The molecule has 0 aliphatic heterocycles. The average molecular weight is 269 g/mol. The van der Waals surface area contributed by atoms with Crippen molar-refractivity contribution in [1.29, 1.82) is 0 Å². The number of nitrogens with zero attached hydrogens (tertiary/aromatic N) is 3. The number of aliphatic hydroxyl groups excluding tert-OH is 1. The van der Waals surface area contributed by atoms with Crippen LogP contribution in [0.2, 0.25) is 0 Å². The van der Waals surface area contributed by atoms with Gasteiger partial charge in [-0.05, 0) is 18.2 Å². The Labute approximate surface area is 108 Å². The van der Waals surface area contributed by atoms with Gasteiger partial charge in [0.1, 0.15) is 6.61 Å². The molecular weight excluding hydrogens is 256 g/mol. The number of hydrogen-bond donors (Lipinski definition) is 1. The van der Waals surface area contributed by atoms with Gasteiger partial charge in [0, 0.05) is 19.2 Å². The van der Waals surface area contributed by atoms with Crippen LogP contribution in [0.5, 0.6) is 0 Å². The summed E-state index contributed by atoms with van der Waals surface area (Å²) in [5.74, 6) is -1.17. The summed E-state index contributed by atoms with van der Waals surface area (Å²) < 4.78 is 32.7. The maximum absolute atomic E-state index is 13.2. The molecule has 102 valence electrons. The summed E-state index contributed by atoms with van der Waals surface area (Å²) >= 11 is 0. The molecule has 0 bridgehead atoms. The van der Waals surface area contributed by atoms with E-state index in [2.05, 4.69) is 10.2 Å². The molecule has 0 saturated heterocycles. The molecule has 2 aromatic rings. The molecule has 1 N–H and O–H groups in total. The molecule has 0 saturated carbocycles. The fraction of sp³-hybridized carbons (Fsp3) is 0.333. The maximum Gasteiger partial charge on any atom is 0.164 e. The molecule has 1 heterocycles. The van der Waals surface area contributed by atoms with Crippen molar-refractivity contribution in [2.75, 3.05) is 13.7 Å². The minimum atomic E-state index is -0.954. The van der Waals surface area contributed by atoms with Gasteiger partial charge >= 0.3 is 0 Å². The second kappa shape index (κ2) is 5.85. The summed E-state index contributed by atoms with van der Waals surface area (Å²) in [4.78, 5) is 0. The van der Waals surface area contributed by atoms with Gasteiger partial charge < -0.3 is 14.4 Å². The highest BCUT2D eigenvalue weighted by Gasteiger charge is 2.14. The summed E-state index contributed by atoms with van der Waals surface area (Å²) in [6, 6.07) is 3.48. The van der Waals surface area contributed by atoms with E-state index in [0.29, 0.717) is 30.4 Å². The third kappa shape index (κ3) is 2.77. The highest BCUT2D eigenvalue weighted by molar-refractivity contribution is 5.55. The van der Waals surface area contributed by atoms with E-state index in [1.54, 1.807) is 11.7 Å². The molecule has 1 aromatic carbocycles. The largest absolute Gasteiger partial charge is 0.388 e. The maximum atomic E-state index is 13.2. The Balaban J connectivity index is 2.42. The van der Waals surface area contributed by atoms with E-state index in [4.69, 9.17) is 4.74 Å². The predicted octanol–water partition coefficient (Wildman–Crippen LogP) is 1.36. The van der Waals surface area contributed by atoms with Gasteiger partial charge in [0.2, 0.25) is 0 Å². The van der Waals surface area contributed by atoms with Crippen LogP contribution in [0.15, 0.2) is 18.2 Å². The minimum Gasteiger partial charge on any atom is -0.388 e. The van der Waals surface area contributed by atoms with E-state index in [9.17, 15) is 13.9 Å². The molecule has 0 aliphatic rings. The summed E-state index contributed by atoms with van der Waals surface area (Å²) in [5, 5.41) is 16.9. The first-order valence-corrected chi connectivity index (χ1v) is 5.64. The number of benzene rings is 1. The summed E-state index contributed by atoms with van der Waals surface area (Å²) in [6.07, 6.45) is 0. The van der Waals surface area contributed by atoms with Gasteiger partial charge in [-0.2, -0.15) is 0 Å². The van der Waals surface area contributed by atoms with Gasteiger partial charge in [0.15, 0.2) is 23.3 Å². The molecule has 2 rings (SSSR count). The molecule has 0 radical (unpaired) electrons. The molecule has 5 nitrogen and oxygen atoms in total. The van der Waals surface area contributed by atoms with E-state index in [1.807, 2.05) is 0 Å². The van der Waals surface area contributed by atoms with E-state index in [0.717, 1.165) is 12.1 Å². The van der Waals surface area contributed by atoms with E-state index >= 15 is 0 Å². The smallest absolute Gasteiger partial charge is 0.164 e. The van der Waals surface area contributed by atoms with Crippen molar-refractivity contribution in [1.82, 2.24) is 14.8 Å². The van der Waals surface area contributed by atoms with Crippen LogP contribution in [0.3, 0.4) is 0 Å². The first-order valence-electron chi connectivity index (χ1n) is 5.64. The van der Waals surface area contributed by atoms with Gasteiger partial charge in [-0.3, -0.25) is 0 Å². The molecular formula is C12H13F2N3O2. The summed E-state index contributed by atoms with van der Waals surface area (Å²) in [7, 11) is 1.54. The minimum absolute atomic E-state index is 0.291. The van der Waals surface area contributed by atoms with E-state index in [1.165, 1.54) is 6.07 Å². The van der Waals surface area contributed by atoms with Crippen molar-refractivity contribution in [3.63, 3.8) is 0 Å². The third-order valence-electron chi connectivity index (χ3n) is 2.67. The molecule has 0 unspecified atom stereocenters. The number of ether oxygens (including phenoxy) is 1. The lowest BCUT2D eigenvalue weighted by Crippen LogP contribution is -2.10. The molecule has 19 heavy (non-hydrogen) atoms. The van der Waals surface area contributed by atoms with Crippen LogP contribution in [0, 0.1) is 11.6 Å². The highest BCUT2D eigenvalue weighted by Crippen LogP contribution is 2.20. The van der Waals surface area contributed by atoms with E-state index < -0.39 is 11.6 Å². The number of halogens is 2. The van der Waals surface area contributed by atoms with Crippen molar-refractivity contribution < 1.29 is 18.6 Å². The van der Waals surface area contributed by atoms with Crippen molar-refractivity contribution >= 4 is 0 Å². The Hall–Kier alpha value is -1.86.